The molecular formula is C16H21N3O. The van der Waals surface area contributed by atoms with Crippen LogP contribution in [0.3, 0.4) is 0 Å². The predicted molar refractivity (Wildman–Crippen MR) is 81.9 cm³/mol. The molecular weight excluding hydrogens is 250 g/mol. The van der Waals surface area contributed by atoms with E-state index in [2.05, 4.69) is 22.4 Å². The summed E-state index contributed by atoms with van der Waals surface area (Å²) in [6, 6.07) is 10.3. The fraction of sp³-hybridized carbons (Fsp3) is 0.438. The van der Waals surface area contributed by atoms with Crippen LogP contribution in [0, 0.1) is 6.92 Å². The van der Waals surface area contributed by atoms with Crippen molar-refractivity contribution in [3.63, 3.8) is 0 Å². The normalized spacial score (nSPS) is 18.1. The molecule has 2 heterocycles. The second-order valence-electron chi connectivity index (χ2n) is 5.55. The molecule has 0 spiro atoms. The molecule has 1 saturated heterocycles. The lowest BCUT2D eigenvalue weighted by Gasteiger charge is -2.38. The summed E-state index contributed by atoms with van der Waals surface area (Å²) < 4.78 is 5.47. The van der Waals surface area contributed by atoms with Crippen molar-refractivity contribution in [1.82, 2.24) is 4.98 Å². The summed E-state index contributed by atoms with van der Waals surface area (Å²) >= 11 is 0. The van der Waals surface area contributed by atoms with E-state index in [0.717, 1.165) is 48.3 Å². The van der Waals surface area contributed by atoms with Gasteiger partial charge < -0.3 is 15.8 Å². The summed E-state index contributed by atoms with van der Waals surface area (Å²) in [5.74, 6) is 0. The Labute approximate surface area is 119 Å². The second-order valence-corrected chi connectivity index (χ2v) is 5.55. The van der Waals surface area contributed by atoms with Crippen molar-refractivity contribution >= 4 is 16.6 Å². The number of hydrogen-bond donors (Lipinski definition) is 2. The highest BCUT2D eigenvalue weighted by Gasteiger charge is 2.31. The molecule has 4 heteroatoms. The number of para-hydroxylation sites is 1. The fourth-order valence-electron chi connectivity index (χ4n) is 2.84. The van der Waals surface area contributed by atoms with Crippen LogP contribution < -0.4 is 11.1 Å². The number of nitrogens with one attached hydrogen (secondary N) is 1. The Kier molecular flexibility index (Phi) is 3.59. The first-order chi connectivity index (χ1) is 9.72. The highest BCUT2D eigenvalue weighted by atomic mass is 16.5. The van der Waals surface area contributed by atoms with Gasteiger partial charge in [-0.3, -0.25) is 4.98 Å². The third-order valence-electron chi connectivity index (χ3n) is 4.08. The van der Waals surface area contributed by atoms with Gasteiger partial charge in [-0.25, -0.2) is 0 Å². The molecule has 4 nitrogen and oxygen atoms in total. The Balaban J connectivity index is 2.01. The summed E-state index contributed by atoms with van der Waals surface area (Å²) in [6.45, 7) is 4.18. The van der Waals surface area contributed by atoms with Crippen LogP contribution in [0.2, 0.25) is 0 Å². The predicted octanol–water partition coefficient (Wildman–Crippen LogP) is 2.46. The van der Waals surface area contributed by atoms with E-state index >= 15 is 0 Å². The van der Waals surface area contributed by atoms with E-state index in [4.69, 9.17) is 10.5 Å². The monoisotopic (exact) mass is 271 g/mol. The van der Waals surface area contributed by atoms with Crippen LogP contribution in [-0.2, 0) is 4.74 Å². The maximum atomic E-state index is 6.03. The Bertz CT molecular complexity index is 606. The molecule has 2 aromatic rings. The summed E-state index contributed by atoms with van der Waals surface area (Å²) in [4.78, 5) is 4.58. The Hall–Kier alpha value is -1.65. The molecule has 0 radical (unpaired) electrons. The molecule has 3 N–H and O–H groups in total. The van der Waals surface area contributed by atoms with Gasteiger partial charge in [-0.2, -0.15) is 0 Å². The fourth-order valence-corrected chi connectivity index (χ4v) is 2.84. The summed E-state index contributed by atoms with van der Waals surface area (Å²) in [6.07, 6.45) is 1.89. The smallest absolute Gasteiger partial charge is 0.0725 e. The van der Waals surface area contributed by atoms with Gasteiger partial charge in [-0.05, 0) is 31.9 Å². The molecule has 1 aromatic heterocycles. The summed E-state index contributed by atoms with van der Waals surface area (Å²) in [5.41, 5.74) is 9.14. The number of fused-ring (bicyclic) bond motifs is 1. The summed E-state index contributed by atoms with van der Waals surface area (Å²) in [7, 11) is 0. The Morgan fingerprint density at radius 2 is 2.05 bits per heavy atom. The molecule has 1 aliphatic heterocycles. The average Bonchev–Trinajstić information content (AvgIpc) is 2.48. The van der Waals surface area contributed by atoms with E-state index in [1.54, 1.807) is 0 Å². The van der Waals surface area contributed by atoms with Crippen LogP contribution in [0.15, 0.2) is 30.3 Å². The first-order valence-corrected chi connectivity index (χ1v) is 7.15. The SMILES string of the molecule is Cc1cc(NC2(CN)CCOCC2)c2ccccc2n1. The molecule has 1 fully saturated rings. The van der Waals surface area contributed by atoms with Crippen molar-refractivity contribution in [1.29, 1.82) is 0 Å². The number of nitrogens with zero attached hydrogens (tertiary/aromatic N) is 1. The zero-order valence-electron chi connectivity index (χ0n) is 11.9. The highest BCUT2D eigenvalue weighted by Crippen LogP contribution is 2.30. The standard InChI is InChI=1S/C16H21N3O/c1-12-10-15(13-4-2-3-5-14(13)18-12)19-16(11-17)6-8-20-9-7-16/h2-5,10H,6-9,11,17H2,1H3,(H,18,19). The van der Waals surface area contributed by atoms with Gasteiger partial charge in [-0.1, -0.05) is 18.2 Å². The van der Waals surface area contributed by atoms with Gasteiger partial charge in [0.1, 0.15) is 0 Å². The van der Waals surface area contributed by atoms with Crippen LogP contribution in [0.25, 0.3) is 10.9 Å². The number of anilines is 1. The number of benzene rings is 1. The van der Waals surface area contributed by atoms with Crippen molar-refractivity contribution in [3.8, 4) is 0 Å². The van der Waals surface area contributed by atoms with Gasteiger partial charge >= 0.3 is 0 Å². The summed E-state index contributed by atoms with van der Waals surface area (Å²) in [5, 5.41) is 4.83. The van der Waals surface area contributed by atoms with Crippen molar-refractivity contribution in [3.05, 3.63) is 36.0 Å². The maximum Gasteiger partial charge on any atom is 0.0725 e. The lowest BCUT2D eigenvalue weighted by atomic mass is 9.89. The van der Waals surface area contributed by atoms with E-state index in [1.807, 2.05) is 25.1 Å². The van der Waals surface area contributed by atoms with Gasteiger partial charge in [0, 0.05) is 36.5 Å². The van der Waals surface area contributed by atoms with Crippen molar-refractivity contribution in [2.24, 2.45) is 5.73 Å². The number of nitrogens with two attached hydrogens (primary N) is 1. The van der Waals surface area contributed by atoms with E-state index in [0.29, 0.717) is 6.54 Å². The van der Waals surface area contributed by atoms with Gasteiger partial charge in [-0.15, -0.1) is 0 Å². The van der Waals surface area contributed by atoms with Crippen LogP contribution >= 0.6 is 0 Å². The van der Waals surface area contributed by atoms with Crippen LogP contribution in [0.4, 0.5) is 5.69 Å². The minimum absolute atomic E-state index is 0.0607. The third kappa shape index (κ3) is 2.49. The highest BCUT2D eigenvalue weighted by molar-refractivity contribution is 5.91. The first-order valence-electron chi connectivity index (χ1n) is 7.15. The number of ether oxygens (including phenoxy) is 1. The molecule has 20 heavy (non-hydrogen) atoms. The number of hydrogen-bond acceptors (Lipinski definition) is 4. The van der Waals surface area contributed by atoms with Crippen LogP contribution in [0.1, 0.15) is 18.5 Å². The number of pyridine rings is 1. The lowest BCUT2D eigenvalue weighted by Crippen LogP contribution is -2.49. The quantitative estimate of drug-likeness (QED) is 0.900. The minimum atomic E-state index is -0.0607. The topological polar surface area (TPSA) is 60.2 Å². The van der Waals surface area contributed by atoms with Crippen molar-refractivity contribution in [2.75, 3.05) is 25.1 Å². The first kappa shape index (κ1) is 13.3. The molecule has 0 aliphatic carbocycles. The molecule has 0 amide bonds. The van der Waals surface area contributed by atoms with Gasteiger partial charge in [0.2, 0.25) is 0 Å². The zero-order valence-corrected chi connectivity index (χ0v) is 11.9. The van der Waals surface area contributed by atoms with E-state index < -0.39 is 0 Å². The molecule has 106 valence electrons. The molecule has 1 aromatic carbocycles. The van der Waals surface area contributed by atoms with Crippen molar-refractivity contribution < 1.29 is 4.74 Å². The van der Waals surface area contributed by atoms with E-state index in [1.165, 1.54) is 0 Å². The molecule has 0 unspecified atom stereocenters. The van der Waals surface area contributed by atoms with Gasteiger partial charge in [0.15, 0.2) is 0 Å². The van der Waals surface area contributed by atoms with E-state index in [-0.39, 0.29) is 5.54 Å². The largest absolute Gasteiger partial charge is 0.381 e. The molecule has 3 rings (SSSR count). The zero-order chi connectivity index (χ0) is 14.0. The Morgan fingerprint density at radius 1 is 1.30 bits per heavy atom. The molecule has 0 saturated carbocycles. The third-order valence-corrected chi connectivity index (χ3v) is 4.08. The van der Waals surface area contributed by atoms with Gasteiger partial charge in [0.05, 0.1) is 11.1 Å². The van der Waals surface area contributed by atoms with E-state index in [9.17, 15) is 0 Å². The molecule has 0 bridgehead atoms. The number of rotatable bonds is 3. The van der Waals surface area contributed by atoms with Gasteiger partial charge in [0.25, 0.3) is 0 Å². The Morgan fingerprint density at radius 3 is 2.80 bits per heavy atom. The molecule has 0 atom stereocenters. The second kappa shape index (κ2) is 5.38. The number of aromatic nitrogens is 1. The molecule has 1 aliphatic rings. The van der Waals surface area contributed by atoms with Crippen LogP contribution in [0.5, 0.6) is 0 Å². The number of aryl methyl sites for hydroxylation is 1. The average molecular weight is 271 g/mol. The minimum Gasteiger partial charge on any atom is -0.381 e. The van der Waals surface area contributed by atoms with Crippen molar-refractivity contribution in [2.45, 2.75) is 25.3 Å². The maximum absolute atomic E-state index is 6.03. The lowest BCUT2D eigenvalue weighted by molar-refractivity contribution is 0.0628. The van der Waals surface area contributed by atoms with Crippen LogP contribution in [-0.4, -0.2) is 30.3 Å².